The zero-order chi connectivity index (χ0) is 10.6. The predicted octanol–water partition coefficient (Wildman–Crippen LogP) is 2.45. The first-order chi connectivity index (χ1) is 6.59. The summed E-state index contributed by atoms with van der Waals surface area (Å²) in [6.07, 6.45) is 0. The minimum absolute atomic E-state index is 0.0729. The van der Waals surface area contributed by atoms with Gasteiger partial charge in [-0.1, -0.05) is 18.7 Å². The van der Waals surface area contributed by atoms with Crippen LogP contribution in [0.4, 0.5) is 4.39 Å². The van der Waals surface area contributed by atoms with Gasteiger partial charge in [-0.2, -0.15) is 0 Å². The first kappa shape index (κ1) is 10.4. The second-order valence-electron chi connectivity index (χ2n) is 2.99. The van der Waals surface area contributed by atoms with E-state index in [9.17, 15) is 9.18 Å². The zero-order valence-corrected chi connectivity index (χ0v) is 7.92. The summed E-state index contributed by atoms with van der Waals surface area (Å²) < 4.78 is 17.5. The van der Waals surface area contributed by atoms with Crippen molar-refractivity contribution >= 4 is 5.97 Å². The van der Waals surface area contributed by atoms with Crippen LogP contribution in [0.1, 0.15) is 12.5 Å². The second-order valence-corrected chi connectivity index (χ2v) is 2.99. The first-order valence-corrected chi connectivity index (χ1v) is 4.16. The SMILES string of the molecule is C=C(C)C(=O)OCc1cccc(F)c1. The Kier molecular flexibility index (Phi) is 3.40. The van der Waals surface area contributed by atoms with E-state index in [0.717, 1.165) is 0 Å². The van der Waals surface area contributed by atoms with Gasteiger partial charge >= 0.3 is 5.97 Å². The molecule has 0 aliphatic heterocycles. The lowest BCUT2D eigenvalue weighted by atomic mass is 10.2. The summed E-state index contributed by atoms with van der Waals surface area (Å²) in [4.78, 5) is 11.0. The lowest BCUT2D eigenvalue weighted by Gasteiger charge is -2.03. The van der Waals surface area contributed by atoms with E-state index in [2.05, 4.69) is 6.58 Å². The van der Waals surface area contributed by atoms with Crippen molar-refractivity contribution in [1.29, 1.82) is 0 Å². The monoisotopic (exact) mass is 194 g/mol. The van der Waals surface area contributed by atoms with Gasteiger partial charge in [-0.3, -0.25) is 0 Å². The van der Waals surface area contributed by atoms with Crippen molar-refractivity contribution in [1.82, 2.24) is 0 Å². The summed E-state index contributed by atoms with van der Waals surface area (Å²) >= 11 is 0. The van der Waals surface area contributed by atoms with Crippen molar-refractivity contribution < 1.29 is 13.9 Å². The van der Waals surface area contributed by atoms with Crippen LogP contribution in [0, 0.1) is 5.82 Å². The van der Waals surface area contributed by atoms with E-state index in [1.54, 1.807) is 19.1 Å². The lowest BCUT2D eigenvalue weighted by Crippen LogP contribution is -2.04. The Morgan fingerprint density at radius 2 is 2.29 bits per heavy atom. The maximum Gasteiger partial charge on any atom is 0.333 e. The molecule has 0 atom stereocenters. The van der Waals surface area contributed by atoms with Crippen molar-refractivity contribution in [2.45, 2.75) is 13.5 Å². The van der Waals surface area contributed by atoms with Crippen LogP contribution in [-0.2, 0) is 16.1 Å². The fraction of sp³-hybridized carbons (Fsp3) is 0.182. The smallest absolute Gasteiger partial charge is 0.333 e. The third kappa shape index (κ3) is 3.01. The molecule has 2 nitrogen and oxygen atoms in total. The van der Waals surface area contributed by atoms with E-state index in [1.165, 1.54) is 12.1 Å². The van der Waals surface area contributed by atoms with Gasteiger partial charge in [0.05, 0.1) is 0 Å². The van der Waals surface area contributed by atoms with Gasteiger partial charge in [-0.05, 0) is 24.6 Å². The molecule has 0 heterocycles. The molecule has 3 heteroatoms. The van der Waals surface area contributed by atoms with Gasteiger partial charge in [-0.15, -0.1) is 0 Å². The Hall–Kier alpha value is -1.64. The molecule has 14 heavy (non-hydrogen) atoms. The molecular formula is C11H11FO2. The number of carbonyl (C=O) groups is 1. The molecule has 0 fully saturated rings. The number of ether oxygens (including phenoxy) is 1. The van der Waals surface area contributed by atoms with Gasteiger partial charge in [0.15, 0.2) is 0 Å². The van der Waals surface area contributed by atoms with Crippen molar-refractivity contribution in [2.75, 3.05) is 0 Å². The summed E-state index contributed by atoms with van der Waals surface area (Å²) in [5, 5.41) is 0. The summed E-state index contributed by atoms with van der Waals surface area (Å²) in [5.41, 5.74) is 0.959. The van der Waals surface area contributed by atoms with Gasteiger partial charge in [0.1, 0.15) is 12.4 Å². The van der Waals surface area contributed by atoms with Crippen LogP contribution < -0.4 is 0 Å². The number of halogens is 1. The highest BCUT2D eigenvalue weighted by Crippen LogP contribution is 2.06. The van der Waals surface area contributed by atoms with Crippen LogP contribution in [0.5, 0.6) is 0 Å². The molecule has 0 spiro atoms. The van der Waals surface area contributed by atoms with Gasteiger partial charge in [0, 0.05) is 5.57 Å². The minimum Gasteiger partial charge on any atom is -0.457 e. The van der Waals surface area contributed by atoms with E-state index < -0.39 is 5.97 Å². The van der Waals surface area contributed by atoms with Gasteiger partial charge in [0.2, 0.25) is 0 Å². The largest absolute Gasteiger partial charge is 0.457 e. The third-order valence-corrected chi connectivity index (χ3v) is 1.61. The summed E-state index contributed by atoms with van der Waals surface area (Å²) in [6.45, 7) is 5.07. The molecular weight excluding hydrogens is 183 g/mol. The topological polar surface area (TPSA) is 26.3 Å². The fourth-order valence-electron chi connectivity index (χ4n) is 0.899. The molecule has 1 aromatic carbocycles. The van der Waals surface area contributed by atoms with Crippen LogP contribution in [0.2, 0.25) is 0 Å². The Morgan fingerprint density at radius 3 is 2.86 bits per heavy atom. The molecule has 0 amide bonds. The van der Waals surface area contributed by atoms with E-state index in [-0.39, 0.29) is 12.4 Å². The predicted molar refractivity (Wildman–Crippen MR) is 51.0 cm³/mol. The molecule has 0 bridgehead atoms. The molecule has 0 aliphatic carbocycles. The van der Waals surface area contributed by atoms with E-state index in [4.69, 9.17) is 4.74 Å². The molecule has 0 N–H and O–H groups in total. The van der Waals surface area contributed by atoms with Gasteiger partial charge < -0.3 is 4.74 Å². The molecule has 0 aromatic heterocycles. The highest BCUT2D eigenvalue weighted by molar-refractivity contribution is 5.86. The number of hydrogen-bond acceptors (Lipinski definition) is 2. The molecule has 0 aliphatic rings. The quantitative estimate of drug-likeness (QED) is 0.545. The number of benzene rings is 1. The van der Waals surface area contributed by atoms with Crippen LogP contribution in [0.15, 0.2) is 36.4 Å². The number of rotatable bonds is 3. The van der Waals surface area contributed by atoms with Crippen molar-refractivity contribution in [3.05, 3.63) is 47.8 Å². The molecule has 74 valence electrons. The summed E-state index contributed by atoms with van der Waals surface area (Å²) in [6, 6.07) is 5.92. The van der Waals surface area contributed by atoms with Crippen LogP contribution in [-0.4, -0.2) is 5.97 Å². The second kappa shape index (κ2) is 4.56. The maximum absolute atomic E-state index is 12.7. The molecule has 1 aromatic rings. The fourth-order valence-corrected chi connectivity index (χ4v) is 0.899. The molecule has 1 rings (SSSR count). The molecule has 0 radical (unpaired) electrons. The summed E-state index contributed by atoms with van der Waals surface area (Å²) in [7, 11) is 0. The van der Waals surface area contributed by atoms with E-state index in [0.29, 0.717) is 11.1 Å². The molecule has 0 saturated carbocycles. The average Bonchev–Trinajstić information content (AvgIpc) is 2.14. The van der Waals surface area contributed by atoms with Crippen molar-refractivity contribution in [3.8, 4) is 0 Å². The van der Waals surface area contributed by atoms with Crippen molar-refractivity contribution in [3.63, 3.8) is 0 Å². The molecule has 0 saturated heterocycles. The maximum atomic E-state index is 12.7. The highest BCUT2D eigenvalue weighted by Gasteiger charge is 2.03. The minimum atomic E-state index is -0.464. The third-order valence-electron chi connectivity index (χ3n) is 1.61. The Morgan fingerprint density at radius 1 is 1.57 bits per heavy atom. The number of carbonyl (C=O) groups excluding carboxylic acids is 1. The van der Waals surface area contributed by atoms with Crippen molar-refractivity contribution in [2.24, 2.45) is 0 Å². The Balaban J connectivity index is 2.54. The first-order valence-electron chi connectivity index (χ1n) is 4.16. The van der Waals surface area contributed by atoms with Gasteiger partial charge in [0.25, 0.3) is 0 Å². The highest BCUT2D eigenvalue weighted by atomic mass is 19.1. The lowest BCUT2D eigenvalue weighted by molar-refractivity contribution is -0.140. The summed E-state index contributed by atoms with van der Waals surface area (Å²) in [5.74, 6) is -0.803. The van der Waals surface area contributed by atoms with E-state index in [1.807, 2.05) is 0 Å². The number of esters is 1. The zero-order valence-electron chi connectivity index (χ0n) is 7.92. The normalized spacial score (nSPS) is 9.57. The molecule has 0 unspecified atom stereocenters. The van der Waals surface area contributed by atoms with E-state index >= 15 is 0 Å². The average molecular weight is 194 g/mol. The van der Waals surface area contributed by atoms with Crippen LogP contribution in [0.25, 0.3) is 0 Å². The van der Waals surface area contributed by atoms with Crippen LogP contribution in [0.3, 0.4) is 0 Å². The standard InChI is InChI=1S/C11H11FO2/c1-8(2)11(13)14-7-9-4-3-5-10(12)6-9/h3-6H,1,7H2,2H3. The Bertz CT molecular complexity index is 358. The van der Waals surface area contributed by atoms with Gasteiger partial charge in [-0.25, -0.2) is 9.18 Å². The van der Waals surface area contributed by atoms with Crippen LogP contribution >= 0.6 is 0 Å². The Labute approximate surface area is 82.0 Å². The number of hydrogen-bond donors (Lipinski definition) is 0.